The standard InChI is InChI=1S/C18H33N3O5/c1-7-9-15(23)20(5)14(12-22)17(25)21(6)13(16(19)24)11-18(3,4)26-10-8-2/h8,13-14,22H,2,7,9-12H2,1,3-6H3,(H2,19,24)/t13-,14+/m0/s1. The fraction of sp³-hybridized carbons (Fsp3) is 0.722. The highest BCUT2D eigenvalue weighted by atomic mass is 16.5. The number of primary amides is 1. The van der Waals surface area contributed by atoms with Crippen molar-refractivity contribution in [3.05, 3.63) is 12.7 Å². The first-order valence-corrected chi connectivity index (χ1v) is 8.69. The Morgan fingerprint density at radius 1 is 1.23 bits per heavy atom. The number of amides is 3. The highest BCUT2D eigenvalue weighted by molar-refractivity contribution is 5.91. The second-order valence-corrected chi connectivity index (χ2v) is 6.88. The second kappa shape index (κ2) is 10.9. The summed E-state index contributed by atoms with van der Waals surface area (Å²) in [5.74, 6) is -1.49. The van der Waals surface area contributed by atoms with Crippen molar-refractivity contribution in [2.75, 3.05) is 27.3 Å². The molecule has 0 aromatic heterocycles. The number of carbonyl (C=O) groups excluding carboxylic acids is 3. The lowest BCUT2D eigenvalue weighted by Crippen LogP contribution is -2.56. The molecule has 3 amide bonds. The SMILES string of the molecule is C=CCOC(C)(C)C[C@@H](C(N)=O)N(C)C(=O)[C@@H](CO)N(C)C(=O)CCC. The Hall–Kier alpha value is -1.93. The van der Waals surface area contributed by atoms with E-state index in [9.17, 15) is 19.5 Å². The van der Waals surface area contributed by atoms with Crippen LogP contribution >= 0.6 is 0 Å². The molecular weight excluding hydrogens is 338 g/mol. The number of aliphatic hydroxyl groups is 1. The molecule has 0 rings (SSSR count). The number of carbonyl (C=O) groups is 3. The third kappa shape index (κ3) is 7.13. The van der Waals surface area contributed by atoms with Crippen molar-refractivity contribution >= 4 is 17.7 Å². The first kappa shape index (κ1) is 24.1. The first-order valence-electron chi connectivity index (χ1n) is 8.69. The number of hydrogen-bond donors (Lipinski definition) is 2. The first-order chi connectivity index (χ1) is 12.0. The van der Waals surface area contributed by atoms with Crippen molar-refractivity contribution in [3.63, 3.8) is 0 Å². The molecular formula is C18H33N3O5. The van der Waals surface area contributed by atoms with E-state index in [0.717, 1.165) is 0 Å². The number of hydrogen-bond acceptors (Lipinski definition) is 5. The van der Waals surface area contributed by atoms with E-state index >= 15 is 0 Å². The fourth-order valence-corrected chi connectivity index (χ4v) is 2.56. The zero-order valence-electron chi connectivity index (χ0n) is 16.5. The third-order valence-electron chi connectivity index (χ3n) is 4.20. The summed E-state index contributed by atoms with van der Waals surface area (Å²) in [6, 6.07) is -2.01. The minimum absolute atomic E-state index is 0.170. The Morgan fingerprint density at radius 2 is 1.81 bits per heavy atom. The number of ether oxygens (including phenoxy) is 1. The van der Waals surface area contributed by atoms with Crippen molar-refractivity contribution in [1.82, 2.24) is 9.80 Å². The number of aliphatic hydroxyl groups excluding tert-OH is 1. The van der Waals surface area contributed by atoms with Crippen LogP contribution in [0.4, 0.5) is 0 Å². The molecule has 8 heteroatoms. The van der Waals surface area contributed by atoms with E-state index in [2.05, 4.69) is 6.58 Å². The summed E-state index contributed by atoms with van der Waals surface area (Å²) >= 11 is 0. The highest BCUT2D eigenvalue weighted by Gasteiger charge is 2.36. The molecule has 0 unspecified atom stereocenters. The molecule has 0 aromatic carbocycles. The van der Waals surface area contributed by atoms with E-state index in [4.69, 9.17) is 10.5 Å². The molecule has 0 bridgehead atoms. The van der Waals surface area contributed by atoms with Crippen molar-refractivity contribution in [3.8, 4) is 0 Å². The zero-order chi connectivity index (χ0) is 20.5. The molecule has 3 N–H and O–H groups in total. The van der Waals surface area contributed by atoms with E-state index in [1.165, 1.54) is 23.9 Å². The Balaban J connectivity index is 5.34. The lowest BCUT2D eigenvalue weighted by Gasteiger charge is -2.36. The molecule has 0 fully saturated rings. The van der Waals surface area contributed by atoms with Gasteiger partial charge in [-0.25, -0.2) is 0 Å². The van der Waals surface area contributed by atoms with E-state index in [1.54, 1.807) is 19.9 Å². The summed E-state index contributed by atoms with van der Waals surface area (Å²) in [5, 5.41) is 9.61. The van der Waals surface area contributed by atoms with Crippen LogP contribution in [-0.4, -0.2) is 77.6 Å². The smallest absolute Gasteiger partial charge is 0.248 e. The molecule has 0 spiro atoms. The molecule has 0 saturated carbocycles. The van der Waals surface area contributed by atoms with Crippen LogP contribution in [0.5, 0.6) is 0 Å². The lowest BCUT2D eigenvalue weighted by atomic mass is 9.96. The lowest BCUT2D eigenvalue weighted by molar-refractivity contribution is -0.150. The van der Waals surface area contributed by atoms with Crippen LogP contribution in [0.1, 0.15) is 40.0 Å². The van der Waals surface area contributed by atoms with Gasteiger partial charge in [0.1, 0.15) is 12.1 Å². The molecule has 0 radical (unpaired) electrons. The summed E-state index contributed by atoms with van der Waals surface area (Å²) in [4.78, 5) is 39.1. The average molecular weight is 371 g/mol. The predicted octanol–water partition coefficient (Wildman–Crippen LogP) is 0.289. The molecule has 0 aromatic rings. The van der Waals surface area contributed by atoms with E-state index in [0.29, 0.717) is 13.0 Å². The second-order valence-electron chi connectivity index (χ2n) is 6.88. The third-order valence-corrected chi connectivity index (χ3v) is 4.20. The zero-order valence-corrected chi connectivity index (χ0v) is 16.5. The minimum atomic E-state index is -1.07. The normalized spacial score (nSPS) is 13.6. The van der Waals surface area contributed by atoms with Crippen LogP contribution in [0, 0.1) is 0 Å². The van der Waals surface area contributed by atoms with Crippen molar-refractivity contribution in [2.45, 2.75) is 57.7 Å². The molecule has 2 atom stereocenters. The highest BCUT2D eigenvalue weighted by Crippen LogP contribution is 2.20. The maximum absolute atomic E-state index is 12.8. The molecule has 26 heavy (non-hydrogen) atoms. The monoisotopic (exact) mass is 371 g/mol. The van der Waals surface area contributed by atoms with Gasteiger partial charge in [0.25, 0.3) is 0 Å². The van der Waals surface area contributed by atoms with E-state index < -0.39 is 36.1 Å². The Morgan fingerprint density at radius 3 is 2.23 bits per heavy atom. The summed E-state index contributed by atoms with van der Waals surface area (Å²) < 4.78 is 5.62. The van der Waals surface area contributed by atoms with Gasteiger partial charge in [-0.05, 0) is 20.3 Å². The van der Waals surface area contributed by atoms with E-state index in [-0.39, 0.29) is 18.7 Å². The molecule has 0 saturated heterocycles. The molecule has 8 nitrogen and oxygen atoms in total. The number of rotatable bonds is 12. The summed E-state index contributed by atoms with van der Waals surface area (Å²) in [6.45, 7) is 8.75. The largest absolute Gasteiger partial charge is 0.394 e. The number of nitrogens with two attached hydrogens (primary N) is 1. The van der Waals surface area contributed by atoms with Crippen LogP contribution in [-0.2, 0) is 19.1 Å². The Kier molecular flexibility index (Phi) is 10.1. The van der Waals surface area contributed by atoms with Crippen LogP contribution in [0.25, 0.3) is 0 Å². The van der Waals surface area contributed by atoms with E-state index in [1.807, 2.05) is 6.92 Å². The van der Waals surface area contributed by atoms with Gasteiger partial charge in [-0.2, -0.15) is 0 Å². The number of nitrogens with zero attached hydrogens (tertiary/aromatic N) is 2. The quantitative estimate of drug-likeness (QED) is 0.479. The van der Waals surface area contributed by atoms with Gasteiger partial charge in [-0.15, -0.1) is 6.58 Å². The Labute approximate surface area is 156 Å². The van der Waals surface area contributed by atoms with Crippen LogP contribution in [0.15, 0.2) is 12.7 Å². The van der Waals surface area contributed by atoms with Gasteiger partial charge in [0.2, 0.25) is 17.7 Å². The van der Waals surface area contributed by atoms with Crippen molar-refractivity contribution in [1.29, 1.82) is 0 Å². The van der Waals surface area contributed by atoms with Gasteiger partial charge in [0, 0.05) is 26.9 Å². The molecule has 0 aliphatic heterocycles. The maximum atomic E-state index is 12.8. The van der Waals surface area contributed by atoms with Gasteiger partial charge in [0.05, 0.1) is 18.8 Å². The van der Waals surface area contributed by atoms with Gasteiger partial charge < -0.3 is 25.4 Å². The molecule has 0 heterocycles. The summed E-state index contributed by atoms with van der Waals surface area (Å²) in [5.41, 5.74) is 4.76. The minimum Gasteiger partial charge on any atom is -0.394 e. The van der Waals surface area contributed by atoms with Crippen molar-refractivity contribution in [2.24, 2.45) is 5.73 Å². The van der Waals surface area contributed by atoms with Gasteiger partial charge in [0.15, 0.2) is 0 Å². The average Bonchev–Trinajstić information content (AvgIpc) is 2.57. The summed E-state index contributed by atoms with van der Waals surface area (Å²) in [7, 11) is 2.89. The molecule has 150 valence electrons. The van der Waals surface area contributed by atoms with Crippen LogP contribution in [0.2, 0.25) is 0 Å². The topological polar surface area (TPSA) is 113 Å². The maximum Gasteiger partial charge on any atom is 0.248 e. The van der Waals surface area contributed by atoms with Gasteiger partial charge >= 0.3 is 0 Å². The van der Waals surface area contributed by atoms with Gasteiger partial charge in [-0.3, -0.25) is 14.4 Å². The molecule has 0 aliphatic rings. The van der Waals surface area contributed by atoms with Crippen LogP contribution in [0.3, 0.4) is 0 Å². The predicted molar refractivity (Wildman–Crippen MR) is 99.1 cm³/mol. The Bertz CT molecular complexity index is 507. The number of likely N-dealkylation sites (N-methyl/N-ethyl adjacent to an activating group) is 2. The summed E-state index contributed by atoms with van der Waals surface area (Å²) in [6.07, 6.45) is 2.66. The van der Waals surface area contributed by atoms with Crippen molar-refractivity contribution < 1.29 is 24.2 Å². The fourth-order valence-electron chi connectivity index (χ4n) is 2.56. The van der Waals surface area contributed by atoms with Gasteiger partial charge in [-0.1, -0.05) is 13.0 Å². The van der Waals surface area contributed by atoms with Crippen LogP contribution < -0.4 is 5.73 Å². The molecule has 0 aliphatic carbocycles.